The van der Waals surface area contributed by atoms with E-state index in [4.69, 9.17) is 15.9 Å². The van der Waals surface area contributed by atoms with Crippen molar-refractivity contribution in [3.8, 4) is 5.75 Å². The van der Waals surface area contributed by atoms with Crippen LogP contribution in [-0.2, 0) is 13.0 Å². The maximum Gasteiger partial charge on any atom is 0.127 e. The summed E-state index contributed by atoms with van der Waals surface area (Å²) < 4.78 is 6.91. The zero-order valence-corrected chi connectivity index (χ0v) is 14.4. The lowest BCUT2D eigenvalue weighted by Crippen LogP contribution is -2.31. The van der Waals surface area contributed by atoms with Crippen LogP contribution in [0.25, 0.3) is 0 Å². The molecule has 4 nitrogen and oxygen atoms in total. The number of nitrogens with zero attached hydrogens (tertiary/aromatic N) is 1. The van der Waals surface area contributed by atoms with Gasteiger partial charge in [0.05, 0.1) is 12.4 Å². The summed E-state index contributed by atoms with van der Waals surface area (Å²) in [5.41, 5.74) is 8.01. The van der Waals surface area contributed by atoms with Crippen molar-refractivity contribution in [3.05, 3.63) is 27.7 Å². The molecule has 0 bridgehead atoms. The van der Waals surface area contributed by atoms with Crippen LogP contribution in [0.3, 0.4) is 0 Å². The molecule has 1 aliphatic heterocycles. The predicted octanol–water partition coefficient (Wildman–Crippen LogP) is 3.17. The van der Waals surface area contributed by atoms with E-state index in [0.29, 0.717) is 12.3 Å². The SMILES string of the molecule is CC(C)CN(CCC(=N)N)Cc1cc(Br)cc2c1OCC2. The molecular formula is C16H24BrN3O. The van der Waals surface area contributed by atoms with Crippen LogP contribution in [0.4, 0.5) is 0 Å². The summed E-state index contributed by atoms with van der Waals surface area (Å²) in [6.07, 6.45) is 1.60. The second kappa shape index (κ2) is 7.27. The van der Waals surface area contributed by atoms with Crippen molar-refractivity contribution in [2.75, 3.05) is 19.7 Å². The molecule has 0 aromatic heterocycles. The summed E-state index contributed by atoms with van der Waals surface area (Å²) in [6.45, 7) is 7.85. The molecule has 0 unspecified atom stereocenters. The van der Waals surface area contributed by atoms with Gasteiger partial charge in [-0.25, -0.2) is 0 Å². The number of halogens is 1. The highest BCUT2D eigenvalue weighted by Gasteiger charge is 2.19. The van der Waals surface area contributed by atoms with Gasteiger partial charge in [0.25, 0.3) is 0 Å². The lowest BCUT2D eigenvalue weighted by molar-refractivity contribution is 0.238. The highest BCUT2D eigenvalue weighted by molar-refractivity contribution is 9.10. The molecule has 1 aliphatic rings. The van der Waals surface area contributed by atoms with Crippen LogP contribution in [0.2, 0.25) is 0 Å². The van der Waals surface area contributed by atoms with Crippen LogP contribution in [0.1, 0.15) is 31.4 Å². The third kappa shape index (κ3) is 4.71. The lowest BCUT2D eigenvalue weighted by Gasteiger charge is -2.25. The van der Waals surface area contributed by atoms with Crippen LogP contribution < -0.4 is 10.5 Å². The zero-order chi connectivity index (χ0) is 15.4. The van der Waals surface area contributed by atoms with Crippen LogP contribution >= 0.6 is 15.9 Å². The average molecular weight is 354 g/mol. The minimum atomic E-state index is 0.250. The van der Waals surface area contributed by atoms with Crippen molar-refractivity contribution in [2.24, 2.45) is 11.7 Å². The van der Waals surface area contributed by atoms with E-state index in [1.165, 1.54) is 11.1 Å². The number of fused-ring (bicyclic) bond motifs is 1. The second-order valence-corrected chi connectivity index (χ2v) is 6.97. The predicted molar refractivity (Wildman–Crippen MR) is 90.0 cm³/mol. The van der Waals surface area contributed by atoms with Gasteiger partial charge in [-0.05, 0) is 23.6 Å². The Bertz CT molecular complexity index is 516. The van der Waals surface area contributed by atoms with E-state index in [0.717, 1.165) is 42.9 Å². The molecular weight excluding hydrogens is 330 g/mol. The Hall–Kier alpha value is -1.07. The third-order valence-corrected chi connectivity index (χ3v) is 4.00. The molecule has 3 N–H and O–H groups in total. The molecule has 1 aromatic carbocycles. The molecule has 0 aliphatic carbocycles. The average Bonchev–Trinajstić information content (AvgIpc) is 2.83. The quantitative estimate of drug-likeness (QED) is 0.584. The van der Waals surface area contributed by atoms with Crippen molar-refractivity contribution >= 4 is 21.8 Å². The van der Waals surface area contributed by atoms with Gasteiger partial charge in [-0.1, -0.05) is 29.8 Å². The molecule has 0 spiro atoms. The minimum Gasteiger partial charge on any atom is -0.493 e. The third-order valence-electron chi connectivity index (χ3n) is 3.54. The Kier molecular flexibility index (Phi) is 5.65. The van der Waals surface area contributed by atoms with Crippen LogP contribution in [0, 0.1) is 11.3 Å². The molecule has 0 amide bonds. The van der Waals surface area contributed by atoms with Gasteiger partial charge in [-0.3, -0.25) is 10.3 Å². The smallest absolute Gasteiger partial charge is 0.127 e. The summed E-state index contributed by atoms with van der Waals surface area (Å²) in [5, 5.41) is 7.43. The summed E-state index contributed by atoms with van der Waals surface area (Å²) >= 11 is 3.59. The Morgan fingerprint density at radius 3 is 2.90 bits per heavy atom. The molecule has 0 atom stereocenters. The Morgan fingerprint density at radius 1 is 1.48 bits per heavy atom. The van der Waals surface area contributed by atoms with E-state index >= 15 is 0 Å². The largest absolute Gasteiger partial charge is 0.493 e. The first-order valence-electron chi connectivity index (χ1n) is 7.45. The number of ether oxygens (including phenoxy) is 1. The first-order valence-corrected chi connectivity index (χ1v) is 8.24. The van der Waals surface area contributed by atoms with Gasteiger partial charge >= 0.3 is 0 Å². The van der Waals surface area contributed by atoms with Crippen LogP contribution in [-0.4, -0.2) is 30.4 Å². The molecule has 116 valence electrons. The number of amidine groups is 1. The molecule has 1 heterocycles. The second-order valence-electron chi connectivity index (χ2n) is 6.06. The molecule has 2 rings (SSSR count). The van der Waals surface area contributed by atoms with Crippen LogP contribution in [0.5, 0.6) is 5.75 Å². The van der Waals surface area contributed by atoms with Gasteiger partial charge in [0.2, 0.25) is 0 Å². The summed E-state index contributed by atoms with van der Waals surface area (Å²) in [5.74, 6) is 1.88. The van der Waals surface area contributed by atoms with E-state index in [9.17, 15) is 0 Å². The Labute approximate surface area is 135 Å². The van der Waals surface area contributed by atoms with Gasteiger partial charge in [-0.15, -0.1) is 0 Å². The highest BCUT2D eigenvalue weighted by atomic mass is 79.9. The molecule has 21 heavy (non-hydrogen) atoms. The van der Waals surface area contributed by atoms with Gasteiger partial charge < -0.3 is 10.5 Å². The van der Waals surface area contributed by atoms with Crippen molar-refractivity contribution in [1.29, 1.82) is 5.41 Å². The number of nitrogens with two attached hydrogens (primary N) is 1. The fourth-order valence-corrected chi connectivity index (χ4v) is 3.29. The summed E-state index contributed by atoms with van der Waals surface area (Å²) in [7, 11) is 0. The number of benzene rings is 1. The molecule has 0 saturated heterocycles. The Morgan fingerprint density at radius 2 is 2.24 bits per heavy atom. The number of rotatable bonds is 7. The molecule has 0 fully saturated rings. The van der Waals surface area contributed by atoms with E-state index < -0.39 is 0 Å². The molecule has 5 heteroatoms. The fourth-order valence-electron chi connectivity index (χ4n) is 2.73. The maximum absolute atomic E-state index is 7.43. The normalized spacial score (nSPS) is 13.6. The molecule has 0 radical (unpaired) electrons. The van der Waals surface area contributed by atoms with Crippen molar-refractivity contribution in [3.63, 3.8) is 0 Å². The van der Waals surface area contributed by atoms with Gasteiger partial charge in [0.1, 0.15) is 5.75 Å². The maximum atomic E-state index is 7.43. The van der Waals surface area contributed by atoms with Crippen molar-refractivity contribution in [2.45, 2.75) is 33.2 Å². The number of nitrogens with one attached hydrogen (secondary N) is 1. The number of hydrogen-bond donors (Lipinski definition) is 2. The topological polar surface area (TPSA) is 62.3 Å². The monoisotopic (exact) mass is 353 g/mol. The summed E-state index contributed by atoms with van der Waals surface area (Å²) in [6, 6.07) is 4.29. The van der Waals surface area contributed by atoms with Gasteiger partial charge in [0.15, 0.2) is 0 Å². The molecule has 0 saturated carbocycles. The van der Waals surface area contributed by atoms with Gasteiger partial charge in [0, 0.05) is 42.5 Å². The van der Waals surface area contributed by atoms with E-state index in [2.05, 4.69) is 46.8 Å². The van der Waals surface area contributed by atoms with Crippen LogP contribution in [0.15, 0.2) is 16.6 Å². The van der Waals surface area contributed by atoms with E-state index in [1.54, 1.807) is 0 Å². The minimum absolute atomic E-state index is 0.250. The zero-order valence-electron chi connectivity index (χ0n) is 12.8. The van der Waals surface area contributed by atoms with Crippen molar-refractivity contribution < 1.29 is 4.74 Å². The van der Waals surface area contributed by atoms with E-state index in [1.807, 2.05) is 0 Å². The molecule has 1 aromatic rings. The first kappa shape index (κ1) is 16.3. The Balaban J connectivity index is 2.14. The van der Waals surface area contributed by atoms with Gasteiger partial charge in [-0.2, -0.15) is 0 Å². The van der Waals surface area contributed by atoms with Crippen molar-refractivity contribution in [1.82, 2.24) is 4.90 Å². The standard InChI is InChI=1S/C16H24BrN3O/c1-11(2)9-20(5-3-15(18)19)10-13-8-14(17)7-12-4-6-21-16(12)13/h7-8,11H,3-6,9-10H2,1-2H3,(H3,18,19). The number of hydrogen-bond acceptors (Lipinski definition) is 3. The highest BCUT2D eigenvalue weighted by Crippen LogP contribution is 2.33. The summed E-state index contributed by atoms with van der Waals surface area (Å²) in [4.78, 5) is 2.36. The lowest BCUT2D eigenvalue weighted by atomic mass is 10.1. The fraction of sp³-hybridized carbons (Fsp3) is 0.562. The first-order chi connectivity index (χ1) is 9.95. The van der Waals surface area contributed by atoms with E-state index in [-0.39, 0.29) is 5.84 Å².